The molecule has 4 rings (SSSR count). The summed E-state index contributed by atoms with van der Waals surface area (Å²) in [5, 5.41) is 0.613. The average Bonchev–Trinajstić information content (AvgIpc) is 3.08. The average molecular weight is 715 g/mol. The zero-order chi connectivity index (χ0) is 31.9. The zero-order valence-electron chi connectivity index (χ0n) is 26.2. The summed E-state index contributed by atoms with van der Waals surface area (Å²) < 4.78 is 25.4. The van der Waals surface area contributed by atoms with Gasteiger partial charge in [-0.3, -0.25) is 0 Å². The molecule has 2 unspecified atom stereocenters. The van der Waals surface area contributed by atoms with E-state index in [4.69, 9.17) is 42.1 Å². The lowest BCUT2D eigenvalue weighted by Crippen LogP contribution is -2.27. The third-order valence-corrected chi connectivity index (χ3v) is 9.24. The third kappa shape index (κ3) is 11.4. The first-order chi connectivity index (χ1) is 22.0. The Bertz CT molecular complexity index is 1420. The number of halogens is 3. The highest BCUT2D eigenvalue weighted by Gasteiger charge is 2.21. The Labute approximate surface area is 287 Å². The van der Waals surface area contributed by atoms with Crippen molar-refractivity contribution in [3.05, 3.63) is 134 Å². The SMILES string of the molecule is CCc1ccc(Cc2cc(CCC(CC(COCc3ccccc3)OC)OCc3ccccc3)c(Br)c(OCCCl)c2Cl)cc1. The quantitative estimate of drug-likeness (QED) is 0.0907. The standard InChI is InChI=1S/C38H43BrCl2O4/c1-3-28-14-16-29(17-15-28)22-33-23-32(36(39)38(37(33)41)44-21-20-40)18-19-34(45-26-31-12-8-5-9-13-31)24-35(42-2)27-43-25-30-10-6-4-7-11-30/h4-17,23,34-35H,3,18-22,24-27H2,1-2H3. The van der Waals surface area contributed by atoms with Crippen LogP contribution in [-0.4, -0.2) is 38.4 Å². The molecule has 0 aliphatic carbocycles. The number of benzene rings is 4. The van der Waals surface area contributed by atoms with E-state index in [-0.39, 0.29) is 12.2 Å². The highest BCUT2D eigenvalue weighted by atomic mass is 79.9. The van der Waals surface area contributed by atoms with Gasteiger partial charge >= 0.3 is 0 Å². The predicted molar refractivity (Wildman–Crippen MR) is 189 cm³/mol. The van der Waals surface area contributed by atoms with Gasteiger partial charge in [0.25, 0.3) is 0 Å². The first-order valence-electron chi connectivity index (χ1n) is 15.6. The van der Waals surface area contributed by atoms with Gasteiger partial charge < -0.3 is 18.9 Å². The lowest BCUT2D eigenvalue weighted by molar-refractivity contribution is -0.0467. The van der Waals surface area contributed by atoms with Crippen LogP contribution in [0.5, 0.6) is 5.75 Å². The Kier molecular flexibility index (Phi) is 15.2. The minimum absolute atomic E-state index is 0.0599. The van der Waals surface area contributed by atoms with Crippen molar-refractivity contribution in [2.75, 3.05) is 26.2 Å². The number of methoxy groups -OCH3 is 1. The summed E-state index contributed by atoms with van der Waals surface area (Å²) in [5.41, 5.74) is 6.93. The number of rotatable bonds is 19. The Hall–Kier alpha value is -2.38. The predicted octanol–water partition coefficient (Wildman–Crippen LogP) is 10.0. The van der Waals surface area contributed by atoms with Crippen molar-refractivity contribution in [1.29, 1.82) is 0 Å². The molecular weight excluding hydrogens is 671 g/mol. The molecule has 0 fully saturated rings. The van der Waals surface area contributed by atoms with Crippen LogP contribution >= 0.6 is 39.1 Å². The smallest absolute Gasteiger partial charge is 0.152 e. The molecule has 0 aromatic heterocycles. The van der Waals surface area contributed by atoms with E-state index in [9.17, 15) is 0 Å². The van der Waals surface area contributed by atoms with Crippen LogP contribution in [0.15, 0.2) is 95.5 Å². The van der Waals surface area contributed by atoms with Crippen molar-refractivity contribution in [1.82, 2.24) is 0 Å². The van der Waals surface area contributed by atoms with Gasteiger partial charge in [-0.05, 0) is 75.0 Å². The number of hydrogen-bond acceptors (Lipinski definition) is 4. The van der Waals surface area contributed by atoms with Gasteiger partial charge in [-0.15, -0.1) is 11.6 Å². The summed E-state index contributed by atoms with van der Waals surface area (Å²) >= 11 is 16.7. The molecule has 0 spiro atoms. The Morgan fingerprint density at radius 2 is 1.42 bits per heavy atom. The molecule has 0 bridgehead atoms. The molecule has 0 radical (unpaired) electrons. The summed E-state index contributed by atoms with van der Waals surface area (Å²) in [5.74, 6) is 1.02. The fraction of sp³-hybridized carbons (Fsp3) is 0.368. The van der Waals surface area contributed by atoms with E-state index >= 15 is 0 Å². The lowest BCUT2D eigenvalue weighted by atomic mass is 9.97. The van der Waals surface area contributed by atoms with E-state index in [1.165, 1.54) is 11.1 Å². The molecule has 45 heavy (non-hydrogen) atoms. The molecule has 0 heterocycles. The number of ether oxygens (including phenoxy) is 4. The first kappa shape index (κ1) is 35.5. The number of hydrogen-bond donors (Lipinski definition) is 0. The van der Waals surface area contributed by atoms with Gasteiger partial charge in [0.05, 0.1) is 47.4 Å². The summed E-state index contributed by atoms with van der Waals surface area (Å²) in [6, 6.07) is 31.3. The lowest BCUT2D eigenvalue weighted by Gasteiger charge is -2.24. The van der Waals surface area contributed by atoms with Crippen LogP contribution in [0.2, 0.25) is 5.02 Å². The molecule has 4 nitrogen and oxygen atoms in total. The van der Waals surface area contributed by atoms with Crippen molar-refractivity contribution < 1.29 is 18.9 Å². The second kappa shape index (κ2) is 19.3. The van der Waals surface area contributed by atoms with Crippen LogP contribution in [0.4, 0.5) is 0 Å². The van der Waals surface area contributed by atoms with Crippen LogP contribution in [0, 0.1) is 0 Å². The van der Waals surface area contributed by atoms with Crippen LogP contribution in [0.3, 0.4) is 0 Å². The highest BCUT2D eigenvalue weighted by Crippen LogP contribution is 2.40. The van der Waals surface area contributed by atoms with Crippen molar-refractivity contribution in [2.24, 2.45) is 0 Å². The minimum atomic E-state index is -0.104. The number of alkyl halides is 1. The van der Waals surface area contributed by atoms with Crippen LogP contribution in [0.25, 0.3) is 0 Å². The van der Waals surface area contributed by atoms with E-state index in [1.807, 2.05) is 36.4 Å². The van der Waals surface area contributed by atoms with Crippen molar-refractivity contribution in [2.45, 2.75) is 64.4 Å². The Morgan fingerprint density at radius 3 is 2.04 bits per heavy atom. The van der Waals surface area contributed by atoms with Gasteiger partial charge in [-0.1, -0.05) is 110 Å². The van der Waals surface area contributed by atoms with Gasteiger partial charge in [0.2, 0.25) is 0 Å². The molecule has 0 aliphatic rings. The van der Waals surface area contributed by atoms with E-state index in [0.717, 1.165) is 46.0 Å². The molecule has 4 aromatic carbocycles. The molecular formula is C38H43BrCl2O4. The van der Waals surface area contributed by atoms with E-state index in [2.05, 4.69) is 77.5 Å². The van der Waals surface area contributed by atoms with Crippen molar-refractivity contribution in [3.8, 4) is 5.75 Å². The molecule has 0 aliphatic heterocycles. The summed E-state index contributed by atoms with van der Waals surface area (Å²) in [4.78, 5) is 0. The second-order valence-corrected chi connectivity index (χ2v) is 12.6. The monoisotopic (exact) mass is 712 g/mol. The molecule has 4 aromatic rings. The maximum absolute atomic E-state index is 6.94. The van der Waals surface area contributed by atoms with E-state index in [1.54, 1.807) is 7.11 Å². The fourth-order valence-corrected chi connectivity index (χ4v) is 6.28. The molecule has 0 amide bonds. The largest absolute Gasteiger partial charge is 0.490 e. The van der Waals surface area contributed by atoms with E-state index < -0.39 is 0 Å². The fourth-order valence-electron chi connectivity index (χ4n) is 5.20. The highest BCUT2D eigenvalue weighted by molar-refractivity contribution is 9.10. The third-order valence-electron chi connectivity index (χ3n) is 7.80. The topological polar surface area (TPSA) is 36.9 Å². The van der Waals surface area contributed by atoms with Crippen LogP contribution in [0.1, 0.15) is 53.1 Å². The zero-order valence-corrected chi connectivity index (χ0v) is 29.3. The second-order valence-electron chi connectivity index (χ2n) is 11.1. The maximum Gasteiger partial charge on any atom is 0.152 e. The van der Waals surface area contributed by atoms with Gasteiger partial charge in [0, 0.05) is 13.5 Å². The number of aryl methyl sites for hydroxylation is 2. The van der Waals surface area contributed by atoms with Gasteiger partial charge in [0.15, 0.2) is 5.75 Å². The summed E-state index contributed by atoms with van der Waals surface area (Å²) in [6.45, 7) is 4.09. The minimum Gasteiger partial charge on any atom is -0.490 e. The van der Waals surface area contributed by atoms with Crippen molar-refractivity contribution in [3.63, 3.8) is 0 Å². The molecule has 0 N–H and O–H groups in total. The maximum atomic E-state index is 6.94. The molecule has 240 valence electrons. The Balaban J connectivity index is 1.50. The summed E-state index contributed by atoms with van der Waals surface area (Å²) in [6.07, 6.45) is 3.80. The Morgan fingerprint density at radius 1 is 0.778 bits per heavy atom. The van der Waals surface area contributed by atoms with Gasteiger partial charge in [0.1, 0.15) is 6.61 Å². The molecule has 2 atom stereocenters. The van der Waals surface area contributed by atoms with Gasteiger partial charge in [-0.25, -0.2) is 0 Å². The van der Waals surface area contributed by atoms with Gasteiger partial charge in [-0.2, -0.15) is 0 Å². The molecule has 0 saturated carbocycles. The van der Waals surface area contributed by atoms with Crippen molar-refractivity contribution >= 4 is 39.1 Å². The van der Waals surface area contributed by atoms with Crippen LogP contribution in [-0.2, 0) is 46.7 Å². The first-order valence-corrected chi connectivity index (χ1v) is 17.3. The summed E-state index contributed by atoms with van der Waals surface area (Å²) in [7, 11) is 1.74. The normalized spacial score (nSPS) is 12.6. The molecule has 0 saturated heterocycles. The molecule has 7 heteroatoms. The van der Waals surface area contributed by atoms with E-state index in [0.29, 0.717) is 55.9 Å². The van der Waals surface area contributed by atoms with Crippen LogP contribution < -0.4 is 4.74 Å².